The highest BCUT2D eigenvalue weighted by atomic mass is 35.5. The summed E-state index contributed by atoms with van der Waals surface area (Å²) in [5.74, 6) is 0.977. The molecular formula is C21H22ClN5O4. The topological polar surface area (TPSA) is 106 Å². The minimum Gasteiger partial charge on any atom is -0.456 e. The van der Waals surface area contributed by atoms with Gasteiger partial charge in [-0.05, 0) is 31.0 Å². The minimum atomic E-state index is -0.622. The molecule has 3 saturated heterocycles. The number of anilines is 1. The van der Waals surface area contributed by atoms with Crippen molar-refractivity contribution in [2.24, 2.45) is 0 Å². The van der Waals surface area contributed by atoms with Crippen molar-refractivity contribution < 1.29 is 19.3 Å². The van der Waals surface area contributed by atoms with Gasteiger partial charge in [-0.2, -0.15) is 4.98 Å². The van der Waals surface area contributed by atoms with E-state index >= 15 is 0 Å². The Morgan fingerprint density at radius 2 is 1.97 bits per heavy atom. The first-order valence-electron chi connectivity index (χ1n) is 10.5. The average molecular weight is 444 g/mol. The Balaban J connectivity index is 1.24. The molecule has 0 aromatic carbocycles. The molecule has 6 rings (SSSR count). The van der Waals surface area contributed by atoms with Gasteiger partial charge in [0.25, 0.3) is 6.01 Å². The van der Waals surface area contributed by atoms with E-state index in [2.05, 4.69) is 24.8 Å². The van der Waals surface area contributed by atoms with E-state index in [0.29, 0.717) is 34.5 Å². The van der Waals surface area contributed by atoms with Crippen molar-refractivity contribution >= 4 is 28.6 Å². The molecule has 3 aliphatic rings. The Bertz CT molecular complexity index is 1100. The van der Waals surface area contributed by atoms with Crippen LogP contribution in [0.2, 0.25) is 5.02 Å². The number of aromatic amines is 1. The number of nitrogens with one attached hydrogen (secondary N) is 1. The van der Waals surface area contributed by atoms with Crippen LogP contribution in [0.5, 0.6) is 6.01 Å². The van der Waals surface area contributed by atoms with Gasteiger partial charge in [-0.15, -0.1) is 0 Å². The van der Waals surface area contributed by atoms with Crippen LogP contribution in [0, 0.1) is 0 Å². The van der Waals surface area contributed by atoms with E-state index < -0.39 is 6.10 Å². The largest absolute Gasteiger partial charge is 0.456 e. The van der Waals surface area contributed by atoms with Crippen molar-refractivity contribution in [2.45, 2.75) is 37.3 Å². The third-order valence-electron chi connectivity index (χ3n) is 6.10. The molecule has 4 atom stereocenters. The molecule has 3 aliphatic heterocycles. The number of halogens is 1. The fourth-order valence-corrected chi connectivity index (χ4v) is 4.76. The third-order valence-corrected chi connectivity index (χ3v) is 6.39. The zero-order valence-corrected chi connectivity index (χ0v) is 17.5. The second-order valence-corrected chi connectivity index (χ2v) is 8.56. The van der Waals surface area contributed by atoms with Crippen molar-refractivity contribution in [2.75, 3.05) is 31.2 Å². The standard InChI is InChI=1S/C21H22ClN5O4/c22-12-7-13-20(25-17(12)11-3-4-16(23-8-11)27-5-1-2-6-27)26-21(24-13)31-15-10-30-18-14(28)9-29-19(15)18/h3-4,7-8,14-15,18-19,28H,1-2,5-6,9-10H2,(H,24,25,26)/t14-,15-,18-,19-/m1/s1. The molecule has 3 fully saturated rings. The lowest BCUT2D eigenvalue weighted by Gasteiger charge is -2.16. The second-order valence-electron chi connectivity index (χ2n) is 8.15. The molecule has 0 aliphatic carbocycles. The van der Waals surface area contributed by atoms with E-state index in [4.69, 9.17) is 25.8 Å². The molecule has 9 nitrogen and oxygen atoms in total. The molecule has 31 heavy (non-hydrogen) atoms. The Kier molecular flexibility index (Phi) is 4.71. The summed E-state index contributed by atoms with van der Waals surface area (Å²) < 4.78 is 17.2. The quantitative estimate of drug-likeness (QED) is 0.632. The van der Waals surface area contributed by atoms with Crippen LogP contribution in [0.4, 0.5) is 5.82 Å². The Labute approximate surface area is 183 Å². The van der Waals surface area contributed by atoms with Gasteiger partial charge in [-0.3, -0.25) is 0 Å². The average Bonchev–Trinajstić information content (AvgIpc) is 3.55. The van der Waals surface area contributed by atoms with Crippen LogP contribution in [-0.2, 0) is 9.47 Å². The maximum absolute atomic E-state index is 9.88. The molecule has 6 heterocycles. The van der Waals surface area contributed by atoms with Gasteiger partial charge in [-0.25, -0.2) is 9.97 Å². The number of nitrogens with zero attached hydrogens (tertiary/aromatic N) is 4. The molecule has 162 valence electrons. The molecule has 3 aromatic heterocycles. The van der Waals surface area contributed by atoms with Gasteiger partial charge in [0.05, 0.1) is 29.4 Å². The summed E-state index contributed by atoms with van der Waals surface area (Å²) in [6.07, 6.45) is 2.58. The number of pyridine rings is 2. The summed E-state index contributed by atoms with van der Waals surface area (Å²) in [5, 5.41) is 10.4. The highest BCUT2D eigenvalue weighted by Gasteiger charge is 2.48. The van der Waals surface area contributed by atoms with Crippen LogP contribution < -0.4 is 9.64 Å². The van der Waals surface area contributed by atoms with Crippen molar-refractivity contribution in [3.05, 3.63) is 29.4 Å². The zero-order chi connectivity index (χ0) is 20.9. The SMILES string of the molecule is O[C@@H]1CO[C@H]2[C@@H]1OC[C@H]2Oc1nc2nc(-c3ccc(N4CCCC4)nc3)c(Cl)cc2[nH]1. The van der Waals surface area contributed by atoms with Crippen molar-refractivity contribution in [3.63, 3.8) is 0 Å². The summed E-state index contributed by atoms with van der Waals surface area (Å²) in [5.41, 5.74) is 2.63. The summed E-state index contributed by atoms with van der Waals surface area (Å²) in [4.78, 5) is 19.1. The summed E-state index contributed by atoms with van der Waals surface area (Å²) in [6.45, 7) is 2.67. The van der Waals surface area contributed by atoms with Gasteiger partial charge in [0.15, 0.2) is 11.8 Å². The first-order valence-corrected chi connectivity index (χ1v) is 10.9. The van der Waals surface area contributed by atoms with Crippen LogP contribution in [-0.4, -0.2) is 75.8 Å². The third kappa shape index (κ3) is 3.41. The smallest absolute Gasteiger partial charge is 0.296 e. The minimum absolute atomic E-state index is 0.250. The predicted octanol–water partition coefficient (Wildman–Crippen LogP) is 2.18. The van der Waals surface area contributed by atoms with Crippen LogP contribution in [0.15, 0.2) is 24.4 Å². The zero-order valence-electron chi connectivity index (χ0n) is 16.7. The normalized spacial score (nSPS) is 27.9. The molecule has 0 amide bonds. The number of imidazole rings is 1. The Hall–Kier alpha value is -2.46. The highest BCUT2D eigenvalue weighted by molar-refractivity contribution is 6.33. The van der Waals surface area contributed by atoms with Gasteiger partial charge >= 0.3 is 0 Å². The molecule has 0 radical (unpaired) electrons. The summed E-state index contributed by atoms with van der Waals surface area (Å²) in [6, 6.07) is 6.10. The number of hydrogen-bond donors (Lipinski definition) is 2. The first-order chi connectivity index (χ1) is 15.2. The fraction of sp³-hybridized carbons (Fsp3) is 0.476. The number of rotatable bonds is 4. The molecule has 0 spiro atoms. The Morgan fingerprint density at radius 3 is 2.77 bits per heavy atom. The van der Waals surface area contributed by atoms with E-state index in [1.807, 2.05) is 12.1 Å². The molecule has 0 unspecified atom stereocenters. The monoisotopic (exact) mass is 443 g/mol. The molecule has 0 bridgehead atoms. The lowest BCUT2D eigenvalue weighted by molar-refractivity contribution is 0.00706. The van der Waals surface area contributed by atoms with E-state index in [1.54, 1.807) is 12.3 Å². The van der Waals surface area contributed by atoms with E-state index in [1.165, 1.54) is 12.8 Å². The number of aliphatic hydroxyl groups excluding tert-OH is 1. The summed E-state index contributed by atoms with van der Waals surface area (Å²) >= 11 is 6.52. The molecule has 2 N–H and O–H groups in total. The van der Waals surface area contributed by atoms with Crippen molar-refractivity contribution in [3.8, 4) is 17.3 Å². The number of aliphatic hydroxyl groups is 1. The fourth-order valence-electron chi connectivity index (χ4n) is 4.50. The lowest BCUT2D eigenvalue weighted by Crippen LogP contribution is -2.34. The first kappa shape index (κ1) is 19.2. The predicted molar refractivity (Wildman–Crippen MR) is 113 cm³/mol. The van der Waals surface area contributed by atoms with Crippen molar-refractivity contribution in [1.29, 1.82) is 0 Å². The van der Waals surface area contributed by atoms with Gasteiger partial charge in [0.2, 0.25) is 0 Å². The Morgan fingerprint density at radius 1 is 1.13 bits per heavy atom. The molecule has 10 heteroatoms. The maximum atomic E-state index is 9.88. The van der Waals surface area contributed by atoms with E-state index in [0.717, 1.165) is 24.5 Å². The second kappa shape index (κ2) is 7.59. The van der Waals surface area contributed by atoms with Crippen LogP contribution in [0.1, 0.15) is 12.8 Å². The number of fused-ring (bicyclic) bond motifs is 2. The molecular weight excluding hydrogens is 422 g/mol. The van der Waals surface area contributed by atoms with Gasteiger partial charge in [0, 0.05) is 24.8 Å². The lowest BCUT2D eigenvalue weighted by atomic mass is 10.1. The van der Waals surface area contributed by atoms with Gasteiger partial charge in [0.1, 0.15) is 24.1 Å². The van der Waals surface area contributed by atoms with Gasteiger partial charge < -0.3 is 29.2 Å². The van der Waals surface area contributed by atoms with Crippen LogP contribution in [0.25, 0.3) is 22.4 Å². The van der Waals surface area contributed by atoms with Crippen molar-refractivity contribution in [1.82, 2.24) is 19.9 Å². The van der Waals surface area contributed by atoms with E-state index in [9.17, 15) is 5.11 Å². The maximum Gasteiger partial charge on any atom is 0.296 e. The number of hydrogen-bond acceptors (Lipinski definition) is 8. The van der Waals surface area contributed by atoms with Gasteiger partial charge in [-0.1, -0.05) is 11.6 Å². The van der Waals surface area contributed by atoms with Crippen LogP contribution >= 0.6 is 11.6 Å². The van der Waals surface area contributed by atoms with Crippen LogP contribution in [0.3, 0.4) is 0 Å². The highest BCUT2D eigenvalue weighted by Crippen LogP contribution is 2.32. The molecule has 0 saturated carbocycles. The number of ether oxygens (including phenoxy) is 3. The van der Waals surface area contributed by atoms with E-state index in [-0.39, 0.29) is 24.9 Å². The number of aromatic nitrogens is 4. The molecule has 3 aromatic rings. The summed E-state index contributed by atoms with van der Waals surface area (Å²) in [7, 11) is 0. The number of H-pyrrole nitrogens is 1.